The minimum atomic E-state index is -0.311. The highest BCUT2D eigenvalue weighted by Gasteiger charge is 2.29. The van der Waals surface area contributed by atoms with E-state index in [4.69, 9.17) is 5.11 Å². The van der Waals surface area contributed by atoms with Crippen LogP contribution in [0.2, 0.25) is 0 Å². The van der Waals surface area contributed by atoms with E-state index in [-0.39, 0.29) is 24.0 Å². The molecule has 0 amide bonds. The van der Waals surface area contributed by atoms with E-state index in [2.05, 4.69) is 61.8 Å². The smallest absolute Gasteiger partial charge is 0.114 e. The number of fused-ring (bicyclic) bond motifs is 1. The van der Waals surface area contributed by atoms with Gasteiger partial charge in [-0.15, -0.1) is 12.6 Å². The molecule has 160 valence electrons. The van der Waals surface area contributed by atoms with Crippen LogP contribution in [0.1, 0.15) is 33.3 Å². The molecule has 1 heterocycles. The summed E-state index contributed by atoms with van der Waals surface area (Å²) in [6, 6.07) is 15.1. The third-order valence-corrected chi connectivity index (χ3v) is 4.97. The summed E-state index contributed by atoms with van der Waals surface area (Å²) >= 11 is 4.15. The topological polar surface area (TPSA) is 82.0 Å². The molecule has 2 aromatic carbocycles. The third kappa shape index (κ3) is 7.44. The van der Waals surface area contributed by atoms with Crippen LogP contribution in [-0.2, 0) is 6.61 Å². The SMILES string of the molecule is CC1=CC(C(C)(C)C)C(O)C=C1.OCc1ccccc1.Sc1ccc2n[nH]nc2c1. The van der Waals surface area contributed by atoms with Gasteiger partial charge in [0.05, 0.1) is 12.7 Å². The van der Waals surface area contributed by atoms with Gasteiger partial charge in [0.25, 0.3) is 0 Å². The fraction of sp³-hybridized carbons (Fsp3) is 0.333. The molecule has 0 aliphatic heterocycles. The Bertz CT molecular complexity index is 975. The maximum Gasteiger partial charge on any atom is 0.114 e. The molecule has 5 nitrogen and oxygen atoms in total. The van der Waals surface area contributed by atoms with E-state index >= 15 is 0 Å². The molecule has 0 fully saturated rings. The van der Waals surface area contributed by atoms with Gasteiger partial charge in [-0.05, 0) is 36.1 Å². The molecule has 0 bridgehead atoms. The Morgan fingerprint density at radius 2 is 1.70 bits per heavy atom. The van der Waals surface area contributed by atoms with Crippen LogP contribution in [0.5, 0.6) is 0 Å². The molecule has 0 radical (unpaired) electrons. The second kappa shape index (κ2) is 11.1. The van der Waals surface area contributed by atoms with Crippen LogP contribution in [0, 0.1) is 11.3 Å². The van der Waals surface area contributed by atoms with E-state index in [0.29, 0.717) is 0 Å². The number of nitrogens with one attached hydrogen (secondary N) is 1. The molecule has 3 N–H and O–H groups in total. The predicted molar refractivity (Wildman–Crippen MR) is 125 cm³/mol. The largest absolute Gasteiger partial charge is 0.392 e. The summed E-state index contributed by atoms with van der Waals surface area (Å²) in [4.78, 5) is 0.904. The van der Waals surface area contributed by atoms with E-state index in [9.17, 15) is 5.11 Å². The van der Waals surface area contributed by atoms with Crippen LogP contribution in [-0.4, -0.2) is 31.7 Å². The average molecular weight is 426 g/mol. The van der Waals surface area contributed by atoms with Crippen molar-refractivity contribution >= 4 is 23.7 Å². The van der Waals surface area contributed by atoms with E-state index in [1.807, 2.05) is 60.7 Å². The van der Waals surface area contributed by atoms with Gasteiger partial charge in [-0.1, -0.05) is 74.9 Å². The first-order valence-electron chi connectivity index (χ1n) is 9.89. The lowest BCUT2D eigenvalue weighted by atomic mass is 9.75. The lowest BCUT2D eigenvalue weighted by Crippen LogP contribution is -2.30. The monoisotopic (exact) mass is 425 g/mol. The number of aromatic nitrogens is 3. The second-order valence-electron chi connectivity index (χ2n) is 8.29. The van der Waals surface area contributed by atoms with Gasteiger partial charge in [0.15, 0.2) is 0 Å². The summed E-state index contributed by atoms with van der Waals surface area (Å²) < 4.78 is 0. The van der Waals surface area contributed by atoms with Gasteiger partial charge in [0.1, 0.15) is 11.0 Å². The molecule has 4 rings (SSSR count). The number of allylic oxidation sites excluding steroid dienone is 2. The fourth-order valence-corrected chi connectivity index (χ4v) is 3.18. The number of benzene rings is 2. The van der Waals surface area contributed by atoms with Gasteiger partial charge in [-0.25, -0.2) is 0 Å². The number of hydrogen-bond donors (Lipinski definition) is 4. The van der Waals surface area contributed by atoms with Gasteiger partial charge in [0.2, 0.25) is 0 Å². The van der Waals surface area contributed by atoms with Crippen LogP contribution >= 0.6 is 12.6 Å². The van der Waals surface area contributed by atoms with Crippen molar-refractivity contribution in [1.82, 2.24) is 15.4 Å². The number of nitrogens with zero attached hydrogens (tertiary/aromatic N) is 2. The quantitative estimate of drug-likeness (QED) is 0.416. The maximum atomic E-state index is 9.69. The van der Waals surface area contributed by atoms with Gasteiger partial charge < -0.3 is 10.2 Å². The first kappa shape index (κ1) is 23.9. The Kier molecular flexibility index (Phi) is 8.84. The zero-order valence-corrected chi connectivity index (χ0v) is 18.8. The van der Waals surface area contributed by atoms with Gasteiger partial charge in [0, 0.05) is 10.8 Å². The van der Waals surface area contributed by atoms with Crippen molar-refractivity contribution in [2.45, 2.75) is 45.3 Å². The third-order valence-electron chi connectivity index (χ3n) is 4.69. The summed E-state index contributed by atoms with van der Waals surface area (Å²) in [6.45, 7) is 8.68. The Morgan fingerprint density at radius 1 is 1.03 bits per heavy atom. The minimum absolute atomic E-state index is 0.140. The fourth-order valence-electron chi connectivity index (χ4n) is 2.98. The number of aliphatic hydroxyl groups excluding tert-OH is 2. The van der Waals surface area contributed by atoms with Crippen molar-refractivity contribution in [2.24, 2.45) is 11.3 Å². The Labute approximate surface area is 184 Å². The van der Waals surface area contributed by atoms with Crippen molar-refractivity contribution in [3.8, 4) is 0 Å². The molecule has 1 aliphatic rings. The summed E-state index contributed by atoms with van der Waals surface area (Å²) in [5.41, 5.74) is 4.09. The van der Waals surface area contributed by atoms with Crippen LogP contribution in [0.4, 0.5) is 0 Å². The molecular weight excluding hydrogens is 394 g/mol. The minimum Gasteiger partial charge on any atom is -0.392 e. The summed E-state index contributed by atoms with van der Waals surface area (Å²) in [5, 5.41) is 28.5. The normalized spacial score (nSPS) is 18.0. The predicted octanol–water partition coefficient (Wildman–Crippen LogP) is 4.95. The molecule has 0 saturated heterocycles. The molecule has 1 aliphatic carbocycles. The lowest BCUT2D eigenvalue weighted by molar-refractivity contribution is 0.106. The molecule has 0 saturated carbocycles. The van der Waals surface area contributed by atoms with Crippen molar-refractivity contribution in [2.75, 3.05) is 0 Å². The highest BCUT2D eigenvalue weighted by molar-refractivity contribution is 7.80. The van der Waals surface area contributed by atoms with Crippen LogP contribution in [0.15, 0.2) is 77.2 Å². The molecule has 30 heavy (non-hydrogen) atoms. The summed E-state index contributed by atoms with van der Waals surface area (Å²) in [6.07, 6.45) is 5.71. The lowest BCUT2D eigenvalue weighted by Gasteiger charge is -2.33. The molecule has 0 spiro atoms. The number of aromatic amines is 1. The first-order chi connectivity index (χ1) is 14.2. The maximum absolute atomic E-state index is 9.69. The van der Waals surface area contributed by atoms with Gasteiger partial charge in [-0.2, -0.15) is 15.4 Å². The Balaban J connectivity index is 0.000000163. The number of rotatable bonds is 1. The molecule has 1 aromatic heterocycles. The first-order valence-corrected chi connectivity index (χ1v) is 10.3. The molecule has 3 aromatic rings. The number of H-pyrrole nitrogens is 1. The average Bonchev–Trinajstić information content (AvgIpc) is 3.18. The molecule has 2 atom stereocenters. The van der Waals surface area contributed by atoms with E-state index in [0.717, 1.165) is 21.5 Å². The van der Waals surface area contributed by atoms with E-state index < -0.39 is 0 Å². The van der Waals surface area contributed by atoms with Crippen LogP contribution < -0.4 is 0 Å². The van der Waals surface area contributed by atoms with E-state index in [1.54, 1.807) is 0 Å². The number of aliphatic hydroxyl groups is 2. The van der Waals surface area contributed by atoms with E-state index in [1.165, 1.54) is 5.57 Å². The number of thiol groups is 1. The van der Waals surface area contributed by atoms with Crippen molar-refractivity contribution < 1.29 is 10.2 Å². The van der Waals surface area contributed by atoms with Gasteiger partial charge in [-0.3, -0.25) is 0 Å². The number of hydrogen-bond acceptors (Lipinski definition) is 5. The zero-order valence-electron chi connectivity index (χ0n) is 17.9. The van der Waals surface area contributed by atoms with Crippen LogP contribution in [0.25, 0.3) is 11.0 Å². The Morgan fingerprint density at radius 3 is 2.27 bits per heavy atom. The summed E-state index contributed by atoms with van der Waals surface area (Å²) in [7, 11) is 0. The molecular formula is C24H31N3O2S. The molecule has 2 unspecified atom stereocenters. The van der Waals surface area contributed by atoms with Crippen LogP contribution in [0.3, 0.4) is 0 Å². The second-order valence-corrected chi connectivity index (χ2v) is 8.81. The van der Waals surface area contributed by atoms with Crippen molar-refractivity contribution in [3.05, 3.63) is 77.9 Å². The molecule has 6 heteroatoms. The standard InChI is InChI=1S/C11H18O.C7H8O.C6H5N3S/c1-8-5-6-10(12)9(7-8)11(2,3)4;8-6-7-4-2-1-3-5-7;10-4-1-2-5-6(3-4)8-9-7-5/h5-7,9-10,12H,1-4H3;1-5,8H,6H2;1-3,10H,(H,7,8,9). The highest BCUT2D eigenvalue weighted by Crippen LogP contribution is 2.33. The Hall–Kier alpha value is -2.41. The zero-order chi connectivity index (χ0) is 22.1. The van der Waals surface area contributed by atoms with Crippen molar-refractivity contribution in [3.63, 3.8) is 0 Å². The van der Waals surface area contributed by atoms with Gasteiger partial charge >= 0.3 is 0 Å². The highest BCUT2D eigenvalue weighted by atomic mass is 32.1. The van der Waals surface area contributed by atoms with Crippen molar-refractivity contribution in [1.29, 1.82) is 0 Å². The summed E-state index contributed by atoms with van der Waals surface area (Å²) in [5.74, 6) is 0.252.